The van der Waals surface area contributed by atoms with Crippen LogP contribution >= 0.6 is 0 Å². The highest BCUT2D eigenvalue weighted by Gasteiger charge is 2.09. The molecule has 0 amide bonds. The van der Waals surface area contributed by atoms with Gasteiger partial charge in [-0.2, -0.15) is 0 Å². The molecule has 0 aliphatic heterocycles. The van der Waals surface area contributed by atoms with Crippen molar-refractivity contribution in [3.63, 3.8) is 0 Å². The van der Waals surface area contributed by atoms with Gasteiger partial charge >= 0.3 is 5.97 Å². The molecule has 23 heavy (non-hydrogen) atoms. The molecule has 0 heterocycles. The molecule has 0 spiro atoms. The van der Waals surface area contributed by atoms with Crippen molar-refractivity contribution < 1.29 is 19.0 Å². The quantitative estimate of drug-likeness (QED) is 0.356. The first-order valence-corrected chi connectivity index (χ1v) is 8.44. The number of benzene rings is 1. The fraction of sp³-hybridized carbons (Fsp3) is 0.632. The molecule has 1 rings (SSSR count). The number of hydrogen-bond donors (Lipinski definition) is 0. The van der Waals surface area contributed by atoms with Crippen LogP contribution in [0.4, 0.5) is 0 Å². The number of carbonyl (C=O) groups excluding carboxylic acids is 1. The SMILES string of the molecule is CC(C)CCCOC(=O)c1ccc(OC(C)OCC(C)C)cc1. The molecule has 4 nitrogen and oxygen atoms in total. The van der Waals surface area contributed by atoms with E-state index < -0.39 is 0 Å². The van der Waals surface area contributed by atoms with E-state index in [9.17, 15) is 4.79 Å². The molecule has 0 saturated carbocycles. The molecule has 0 aromatic heterocycles. The fourth-order valence-electron chi connectivity index (χ4n) is 1.96. The van der Waals surface area contributed by atoms with Crippen LogP contribution in [0.25, 0.3) is 0 Å². The standard InChI is InChI=1S/C19H30O4/c1-14(2)7-6-12-21-19(20)17-8-10-18(11-9-17)23-16(5)22-13-15(3)4/h8-11,14-16H,6-7,12-13H2,1-5H3. The summed E-state index contributed by atoms with van der Waals surface area (Å²) in [5.74, 6) is 1.49. The highest BCUT2D eigenvalue weighted by atomic mass is 16.7. The minimum absolute atomic E-state index is 0.288. The maximum atomic E-state index is 11.9. The molecule has 1 atom stereocenters. The number of carbonyl (C=O) groups is 1. The monoisotopic (exact) mass is 322 g/mol. The first-order chi connectivity index (χ1) is 10.9. The third-order valence-corrected chi connectivity index (χ3v) is 3.22. The van der Waals surface area contributed by atoms with E-state index in [0.717, 1.165) is 12.8 Å². The Morgan fingerprint density at radius 1 is 1.00 bits per heavy atom. The molecule has 130 valence electrons. The fourth-order valence-corrected chi connectivity index (χ4v) is 1.96. The predicted molar refractivity (Wildman–Crippen MR) is 91.7 cm³/mol. The molecule has 4 heteroatoms. The Bertz CT molecular complexity index is 451. The minimum atomic E-state index is -0.314. The zero-order chi connectivity index (χ0) is 17.2. The molecule has 0 fully saturated rings. The van der Waals surface area contributed by atoms with Crippen molar-refractivity contribution in [3.8, 4) is 5.75 Å². The number of hydrogen-bond acceptors (Lipinski definition) is 4. The molecule has 0 bridgehead atoms. The van der Waals surface area contributed by atoms with Crippen LogP contribution in [-0.2, 0) is 9.47 Å². The summed E-state index contributed by atoms with van der Waals surface area (Å²) in [5.41, 5.74) is 0.539. The van der Waals surface area contributed by atoms with Gasteiger partial charge in [-0.05, 0) is 55.9 Å². The van der Waals surface area contributed by atoms with Crippen molar-refractivity contribution in [3.05, 3.63) is 29.8 Å². The van der Waals surface area contributed by atoms with Crippen LogP contribution < -0.4 is 4.74 Å². The molecule has 0 N–H and O–H groups in total. The van der Waals surface area contributed by atoms with Gasteiger partial charge in [0.25, 0.3) is 0 Å². The second-order valence-corrected chi connectivity index (χ2v) is 6.61. The van der Waals surface area contributed by atoms with Crippen molar-refractivity contribution in [2.24, 2.45) is 11.8 Å². The Labute approximate surface area is 140 Å². The predicted octanol–water partition coefficient (Wildman–Crippen LogP) is 4.68. The molecule has 1 unspecified atom stereocenters. The van der Waals surface area contributed by atoms with Crippen molar-refractivity contribution in [2.45, 2.75) is 53.8 Å². The first kappa shape index (κ1) is 19.5. The van der Waals surface area contributed by atoms with E-state index >= 15 is 0 Å². The smallest absolute Gasteiger partial charge is 0.338 e. The molecule has 0 radical (unpaired) electrons. The van der Waals surface area contributed by atoms with Gasteiger partial charge < -0.3 is 14.2 Å². The number of esters is 1. The van der Waals surface area contributed by atoms with Gasteiger partial charge in [0.15, 0.2) is 6.29 Å². The van der Waals surface area contributed by atoms with Crippen molar-refractivity contribution >= 4 is 5.97 Å². The van der Waals surface area contributed by atoms with Gasteiger partial charge in [-0.1, -0.05) is 27.7 Å². The van der Waals surface area contributed by atoms with Gasteiger partial charge in [-0.15, -0.1) is 0 Å². The van der Waals surface area contributed by atoms with Crippen LogP contribution in [0.3, 0.4) is 0 Å². The van der Waals surface area contributed by atoms with E-state index in [2.05, 4.69) is 27.7 Å². The Morgan fingerprint density at radius 3 is 2.22 bits per heavy atom. The first-order valence-electron chi connectivity index (χ1n) is 8.44. The largest absolute Gasteiger partial charge is 0.465 e. The Hall–Kier alpha value is -1.55. The lowest BCUT2D eigenvalue weighted by Crippen LogP contribution is -2.19. The molecular weight excluding hydrogens is 292 g/mol. The highest BCUT2D eigenvalue weighted by Crippen LogP contribution is 2.15. The van der Waals surface area contributed by atoms with Crippen LogP contribution in [0.1, 0.15) is 57.8 Å². The summed E-state index contributed by atoms with van der Waals surface area (Å²) in [5, 5.41) is 0. The average molecular weight is 322 g/mol. The molecule has 1 aromatic carbocycles. The number of ether oxygens (including phenoxy) is 3. The molecule has 0 aliphatic rings. The van der Waals surface area contributed by atoms with Crippen molar-refractivity contribution in [1.29, 1.82) is 0 Å². The summed E-state index contributed by atoms with van der Waals surface area (Å²) in [4.78, 5) is 11.9. The van der Waals surface area contributed by atoms with E-state index in [-0.39, 0.29) is 12.3 Å². The van der Waals surface area contributed by atoms with Crippen LogP contribution in [0.15, 0.2) is 24.3 Å². The number of rotatable bonds is 10. The third-order valence-electron chi connectivity index (χ3n) is 3.22. The summed E-state index contributed by atoms with van der Waals surface area (Å²) in [6, 6.07) is 6.96. The topological polar surface area (TPSA) is 44.8 Å². The second-order valence-electron chi connectivity index (χ2n) is 6.61. The van der Waals surface area contributed by atoms with E-state index in [4.69, 9.17) is 14.2 Å². The van der Waals surface area contributed by atoms with Crippen LogP contribution in [0.2, 0.25) is 0 Å². The molecular formula is C19H30O4. The minimum Gasteiger partial charge on any atom is -0.465 e. The van der Waals surface area contributed by atoms with Crippen LogP contribution in [0, 0.1) is 11.8 Å². The van der Waals surface area contributed by atoms with Gasteiger partial charge in [0.2, 0.25) is 0 Å². The Balaban J connectivity index is 2.38. The van der Waals surface area contributed by atoms with Gasteiger partial charge in [0, 0.05) is 0 Å². The third kappa shape index (κ3) is 8.60. The van der Waals surface area contributed by atoms with E-state index in [0.29, 0.717) is 36.4 Å². The molecule has 0 saturated heterocycles. The maximum absolute atomic E-state index is 11.9. The Kier molecular flexibility index (Phi) is 8.70. The van der Waals surface area contributed by atoms with Gasteiger partial charge in [0.05, 0.1) is 18.8 Å². The van der Waals surface area contributed by atoms with Crippen molar-refractivity contribution in [2.75, 3.05) is 13.2 Å². The van der Waals surface area contributed by atoms with Crippen LogP contribution in [-0.4, -0.2) is 25.5 Å². The second kappa shape index (κ2) is 10.3. The Morgan fingerprint density at radius 2 is 1.65 bits per heavy atom. The summed E-state index contributed by atoms with van der Waals surface area (Å²) in [7, 11) is 0. The van der Waals surface area contributed by atoms with Crippen molar-refractivity contribution in [1.82, 2.24) is 0 Å². The molecule has 1 aromatic rings. The summed E-state index contributed by atoms with van der Waals surface area (Å²) in [6.45, 7) is 11.5. The van der Waals surface area contributed by atoms with Gasteiger partial charge in [-0.3, -0.25) is 0 Å². The van der Waals surface area contributed by atoms with Gasteiger partial charge in [-0.25, -0.2) is 4.79 Å². The lowest BCUT2D eigenvalue weighted by molar-refractivity contribution is -0.0755. The maximum Gasteiger partial charge on any atom is 0.338 e. The van der Waals surface area contributed by atoms with Gasteiger partial charge in [0.1, 0.15) is 5.75 Å². The van der Waals surface area contributed by atoms with Crippen LogP contribution in [0.5, 0.6) is 5.75 Å². The normalized spacial score (nSPS) is 12.5. The lowest BCUT2D eigenvalue weighted by Gasteiger charge is -2.16. The molecule has 0 aliphatic carbocycles. The highest BCUT2D eigenvalue weighted by molar-refractivity contribution is 5.89. The van der Waals surface area contributed by atoms with E-state index in [1.54, 1.807) is 24.3 Å². The lowest BCUT2D eigenvalue weighted by atomic mass is 10.1. The summed E-state index contributed by atoms with van der Waals surface area (Å²) >= 11 is 0. The zero-order valence-corrected chi connectivity index (χ0v) is 15.0. The average Bonchev–Trinajstić information content (AvgIpc) is 2.50. The van der Waals surface area contributed by atoms with E-state index in [1.165, 1.54) is 0 Å². The van der Waals surface area contributed by atoms with E-state index in [1.807, 2.05) is 6.92 Å². The zero-order valence-electron chi connectivity index (χ0n) is 15.0. The summed E-state index contributed by atoms with van der Waals surface area (Å²) < 4.78 is 16.5. The summed E-state index contributed by atoms with van der Waals surface area (Å²) in [6.07, 6.45) is 1.65.